The summed E-state index contributed by atoms with van der Waals surface area (Å²) in [7, 11) is 0. The lowest BCUT2D eigenvalue weighted by molar-refractivity contribution is 0.550. The highest BCUT2D eigenvalue weighted by Crippen LogP contribution is 2.47. The van der Waals surface area contributed by atoms with Crippen LogP contribution in [0.15, 0.2) is 186 Å². The molecule has 0 radical (unpaired) electrons. The minimum Gasteiger partial charge on any atom is -0.454 e. The van der Waals surface area contributed by atoms with Crippen LogP contribution in [0, 0.1) is 6.92 Å². The van der Waals surface area contributed by atoms with E-state index < -0.39 is 0 Å². The van der Waals surface area contributed by atoms with Crippen molar-refractivity contribution in [2.45, 2.75) is 92.0 Å². The minimum atomic E-state index is -0.141. The lowest BCUT2D eigenvalue weighted by Gasteiger charge is -2.36. The molecule has 2 heterocycles. The van der Waals surface area contributed by atoms with Gasteiger partial charge in [0.05, 0.1) is 17.4 Å². The quantitative estimate of drug-likeness (QED) is 0.0582. The normalized spacial score (nSPS) is 14.8. The summed E-state index contributed by atoms with van der Waals surface area (Å²) in [5.41, 5.74) is 17.4. The molecule has 0 fully saturated rings. The Kier molecular flexibility index (Phi) is 13.7. The molecule has 0 aliphatic heterocycles. The minimum absolute atomic E-state index is 0.0758. The van der Waals surface area contributed by atoms with Crippen LogP contribution in [0.5, 0.6) is 0 Å². The Hall–Kier alpha value is -6.31. The number of hydrogen-bond acceptors (Lipinski definition) is 4. The Balaban J connectivity index is 1.34. The summed E-state index contributed by atoms with van der Waals surface area (Å²) in [5.74, 6) is 0.879. The molecule has 1 atom stereocenters. The predicted molar refractivity (Wildman–Crippen MR) is 304 cm³/mol. The van der Waals surface area contributed by atoms with Gasteiger partial charge in [0.25, 0.3) is 0 Å². The van der Waals surface area contributed by atoms with Gasteiger partial charge in [-0.3, -0.25) is 0 Å². The highest BCUT2D eigenvalue weighted by Gasteiger charge is 2.32. The summed E-state index contributed by atoms with van der Waals surface area (Å²) < 4.78 is 15.1. The van der Waals surface area contributed by atoms with Crippen molar-refractivity contribution < 1.29 is 8.83 Å². The predicted octanol–water partition coefficient (Wildman–Crippen LogP) is 18.5. The van der Waals surface area contributed by atoms with Crippen molar-refractivity contribution in [3.63, 3.8) is 0 Å². The van der Waals surface area contributed by atoms with Crippen molar-refractivity contribution in [3.8, 4) is 0 Å². The van der Waals surface area contributed by atoms with E-state index >= 15 is 0 Å². The van der Waals surface area contributed by atoms with Gasteiger partial charge in [-0.1, -0.05) is 206 Å². The molecule has 68 heavy (non-hydrogen) atoms. The molecule has 2 aromatic heterocycles. The zero-order chi connectivity index (χ0) is 48.7. The molecule has 1 unspecified atom stereocenters. The van der Waals surface area contributed by atoms with Crippen LogP contribution < -0.4 is 9.80 Å². The summed E-state index contributed by atoms with van der Waals surface area (Å²) in [6.07, 6.45) is 16.2. The molecule has 5 aromatic carbocycles. The molecule has 0 spiro atoms. The Morgan fingerprint density at radius 3 is 2.10 bits per heavy atom. The van der Waals surface area contributed by atoms with Gasteiger partial charge in [0.15, 0.2) is 11.3 Å². The fourth-order valence-electron chi connectivity index (χ4n) is 9.92. The van der Waals surface area contributed by atoms with Gasteiger partial charge >= 0.3 is 0 Å². The molecule has 7 aromatic rings. The van der Waals surface area contributed by atoms with E-state index in [9.17, 15) is 0 Å². The molecule has 0 saturated carbocycles. The summed E-state index contributed by atoms with van der Waals surface area (Å²) in [4.78, 5) is 4.72. The molecule has 0 amide bonds. The first-order chi connectivity index (χ1) is 32.6. The Morgan fingerprint density at radius 1 is 0.794 bits per heavy atom. The first kappa shape index (κ1) is 48.2. The van der Waals surface area contributed by atoms with Crippen LogP contribution in [0.1, 0.15) is 101 Å². The highest BCUT2D eigenvalue weighted by atomic mass is 127. The van der Waals surface area contributed by atoms with Crippen LogP contribution >= 0.6 is 22.6 Å². The molecule has 1 aliphatic carbocycles. The van der Waals surface area contributed by atoms with E-state index in [-0.39, 0.29) is 16.9 Å². The number of alkyl halides is 1. The molecule has 1 aliphatic rings. The average molecular weight is 1010 g/mol. The number of fused-ring (bicyclic) bond motifs is 4. The number of halogens is 1. The van der Waals surface area contributed by atoms with Crippen molar-refractivity contribution in [2.24, 2.45) is 0 Å². The number of para-hydroxylation sites is 4. The lowest BCUT2D eigenvalue weighted by atomic mass is 9.85. The van der Waals surface area contributed by atoms with Gasteiger partial charge in [-0.2, -0.15) is 0 Å². The lowest BCUT2D eigenvalue weighted by Crippen LogP contribution is -2.34. The molecule has 4 nitrogen and oxygen atoms in total. The van der Waals surface area contributed by atoms with Gasteiger partial charge in [0.2, 0.25) is 0 Å². The maximum atomic E-state index is 7.12. The number of rotatable bonds is 15. The maximum Gasteiger partial charge on any atom is 0.159 e. The zero-order valence-electron chi connectivity index (χ0n) is 41.4. The van der Waals surface area contributed by atoms with Gasteiger partial charge in [-0.25, -0.2) is 0 Å². The van der Waals surface area contributed by atoms with Crippen molar-refractivity contribution in [1.29, 1.82) is 0 Å². The Labute approximate surface area is 418 Å². The van der Waals surface area contributed by atoms with Crippen LogP contribution in [0.25, 0.3) is 50.3 Å². The summed E-state index contributed by atoms with van der Waals surface area (Å²) in [6.45, 7) is 37.5. The summed E-state index contributed by atoms with van der Waals surface area (Å²) >= 11 is 2.49. The maximum absolute atomic E-state index is 7.12. The molecular weight excluding hydrogens is 944 g/mol. The Morgan fingerprint density at radius 2 is 1.46 bits per heavy atom. The third kappa shape index (κ3) is 8.59. The van der Waals surface area contributed by atoms with Crippen molar-refractivity contribution in [3.05, 3.63) is 216 Å². The SMILES string of the molecule is C=C/C=C(/C)C(=C)N(c1cccc2c1oc1c(C(C)(C)CI)cccc12)C1C=C(c2cc(N(/C(=C/C)c3oc4c(C(C)(C)C)cccc4c3CC)c3ccccc3C)ccc2C=C)C(C=C)=CC1. The fraction of sp³-hybridized carbons (Fsp3) is 0.238. The second-order valence-corrected chi connectivity index (χ2v) is 20.3. The fourth-order valence-corrected chi connectivity index (χ4v) is 10.3. The van der Waals surface area contributed by atoms with E-state index in [2.05, 4.69) is 230 Å². The van der Waals surface area contributed by atoms with Gasteiger partial charge in [-0.05, 0) is 96.7 Å². The monoisotopic (exact) mass is 1010 g/mol. The second kappa shape index (κ2) is 19.4. The van der Waals surface area contributed by atoms with E-state index in [1.165, 1.54) is 16.7 Å². The topological polar surface area (TPSA) is 32.8 Å². The molecule has 8 rings (SSSR count). The largest absolute Gasteiger partial charge is 0.454 e. The number of benzene rings is 5. The standard InChI is InChI=1S/C63H65IN2O2/c1-14-24-40(6)42(8)65(57-32-23-28-50-49-27-22-30-54(63(12,13)39-64)59(49)68-61(50)57)45-35-33-43(15-2)51(37-45)52-38-46(36-34-44(52)16-3)66(56-31-20-19-25-41(56)7)55(18-5)60-47(17-4)48-26-21-29-53(58(48)67-60)62(9,10)11/h14-16,18-34,36-38,45H,1-3,8,17,35,39H2,4-7,9-13H3/b40-24-,55-18+. The van der Waals surface area contributed by atoms with Crippen LogP contribution in [0.4, 0.5) is 17.1 Å². The number of hydrogen-bond donors (Lipinski definition) is 0. The zero-order valence-corrected chi connectivity index (χ0v) is 43.6. The molecular formula is C63H65IN2O2. The molecule has 0 bridgehead atoms. The molecule has 346 valence electrons. The van der Waals surface area contributed by atoms with Crippen LogP contribution in [-0.2, 0) is 17.3 Å². The van der Waals surface area contributed by atoms with Crippen molar-refractivity contribution >= 4 is 89.9 Å². The number of allylic oxidation sites excluding steroid dienone is 7. The number of aryl methyl sites for hydroxylation is 2. The van der Waals surface area contributed by atoms with E-state index in [0.717, 1.165) is 118 Å². The molecule has 0 saturated heterocycles. The molecule has 0 N–H and O–H groups in total. The third-order valence-electron chi connectivity index (χ3n) is 13.6. The van der Waals surface area contributed by atoms with E-state index in [4.69, 9.17) is 15.4 Å². The van der Waals surface area contributed by atoms with E-state index in [1.54, 1.807) is 0 Å². The van der Waals surface area contributed by atoms with E-state index in [0.29, 0.717) is 0 Å². The van der Waals surface area contributed by atoms with Crippen LogP contribution in [0.2, 0.25) is 0 Å². The van der Waals surface area contributed by atoms with Crippen LogP contribution in [0.3, 0.4) is 0 Å². The number of furan rings is 2. The first-order valence-corrected chi connectivity index (χ1v) is 25.3. The summed E-state index contributed by atoms with van der Waals surface area (Å²) in [5, 5.41) is 3.36. The van der Waals surface area contributed by atoms with Gasteiger partial charge < -0.3 is 18.6 Å². The van der Waals surface area contributed by atoms with Gasteiger partial charge in [-0.15, -0.1) is 0 Å². The van der Waals surface area contributed by atoms with Crippen molar-refractivity contribution in [2.75, 3.05) is 14.2 Å². The number of anilines is 3. The van der Waals surface area contributed by atoms with Gasteiger partial charge in [0.1, 0.15) is 11.2 Å². The number of nitrogens with zero attached hydrogens (tertiary/aromatic N) is 2. The van der Waals surface area contributed by atoms with E-state index in [1.807, 2.05) is 24.3 Å². The van der Waals surface area contributed by atoms with Gasteiger partial charge in [0, 0.05) is 59.8 Å². The van der Waals surface area contributed by atoms with Crippen molar-refractivity contribution in [1.82, 2.24) is 0 Å². The highest BCUT2D eigenvalue weighted by molar-refractivity contribution is 14.1. The molecule has 5 heteroatoms. The average Bonchev–Trinajstić information content (AvgIpc) is 3.92. The second-order valence-electron chi connectivity index (χ2n) is 19.6. The third-order valence-corrected chi connectivity index (χ3v) is 15.5. The smallest absolute Gasteiger partial charge is 0.159 e. The van der Waals surface area contributed by atoms with Crippen LogP contribution in [-0.4, -0.2) is 10.5 Å². The first-order valence-electron chi connectivity index (χ1n) is 23.8. The summed E-state index contributed by atoms with van der Waals surface area (Å²) in [6, 6.07) is 34.8. The Bertz CT molecular complexity index is 3260.